The zero-order valence-electron chi connectivity index (χ0n) is 19.5. The predicted octanol–water partition coefficient (Wildman–Crippen LogP) is 0.810. The van der Waals surface area contributed by atoms with Crippen LogP contribution < -0.4 is 26.2 Å². The number of imidazole rings is 1. The molecule has 0 aliphatic carbocycles. The number of benzene rings is 1. The monoisotopic (exact) mass is 477 g/mol. The molecule has 11 nitrogen and oxygen atoms in total. The molecule has 1 aromatic carbocycles. The molecule has 3 aromatic heterocycles. The summed E-state index contributed by atoms with van der Waals surface area (Å²) in [6.45, 7) is 3.24. The highest BCUT2D eigenvalue weighted by atomic mass is 16.5. The van der Waals surface area contributed by atoms with Crippen LogP contribution in [0.15, 0.2) is 56.8 Å². The number of fused-ring (bicyclic) bond motifs is 2. The lowest BCUT2D eigenvalue weighted by molar-refractivity contribution is 0.292. The Morgan fingerprint density at radius 1 is 1.17 bits per heavy atom. The second-order valence-corrected chi connectivity index (χ2v) is 9.02. The minimum atomic E-state index is -0.423. The van der Waals surface area contributed by atoms with Crippen molar-refractivity contribution in [2.45, 2.75) is 25.6 Å². The molecule has 0 saturated carbocycles. The summed E-state index contributed by atoms with van der Waals surface area (Å²) in [5.74, 6) is 2.36. The molecule has 0 spiro atoms. The van der Waals surface area contributed by atoms with Gasteiger partial charge in [0, 0.05) is 32.7 Å². The van der Waals surface area contributed by atoms with Crippen LogP contribution in [0.25, 0.3) is 11.2 Å². The van der Waals surface area contributed by atoms with E-state index in [1.807, 2.05) is 34.9 Å². The van der Waals surface area contributed by atoms with Gasteiger partial charge in [0.1, 0.15) is 25.2 Å². The molecule has 5 heterocycles. The van der Waals surface area contributed by atoms with Crippen molar-refractivity contribution in [2.75, 3.05) is 31.1 Å². The molecule has 2 atom stereocenters. The number of para-hydroxylation sites is 1. The first-order chi connectivity index (χ1) is 17.1. The van der Waals surface area contributed by atoms with E-state index in [1.54, 1.807) is 13.2 Å². The second-order valence-electron chi connectivity index (χ2n) is 9.02. The molecule has 0 amide bonds. The molecule has 1 N–H and O–H groups in total. The molecule has 2 fully saturated rings. The van der Waals surface area contributed by atoms with E-state index in [0.29, 0.717) is 40.7 Å². The Morgan fingerprint density at radius 2 is 2.03 bits per heavy atom. The summed E-state index contributed by atoms with van der Waals surface area (Å²) < 4.78 is 15.8. The van der Waals surface area contributed by atoms with Crippen molar-refractivity contribution in [3.05, 3.63) is 69.5 Å². The van der Waals surface area contributed by atoms with Gasteiger partial charge in [-0.15, -0.1) is 0 Å². The van der Waals surface area contributed by atoms with Gasteiger partial charge in [0.05, 0.1) is 12.7 Å². The van der Waals surface area contributed by atoms with Gasteiger partial charge in [0.25, 0.3) is 5.56 Å². The number of aryl methyl sites for hydroxylation is 1. The smallest absolute Gasteiger partial charge is 0.332 e. The number of nitrogens with zero attached hydrogens (tertiary/aromatic N) is 6. The number of hydrogen-bond acceptors (Lipinski definition) is 8. The maximum absolute atomic E-state index is 13.7. The second kappa shape index (κ2) is 8.73. The van der Waals surface area contributed by atoms with Crippen molar-refractivity contribution in [2.24, 2.45) is 13.0 Å². The zero-order valence-corrected chi connectivity index (χ0v) is 19.5. The lowest BCUT2D eigenvalue weighted by atomic mass is 10.1. The summed E-state index contributed by atoms with van der Waals surface area (Å²) in [4.78, 5) is 38.2. The van der Waals surface area contributed by atoms with Crippen molar-refractivity contribution >= 4 is 17.1 Å². The van der Waals surface area contributed by atoms with Crippen LogP contribution in [0.5, 0.6) is 5.75 Å². The van der Waals surface area contributed by atoms with E-state index >= 15 is 0 Å². The van der Waals surface area contributed by atoms with E-state index in [-0.39, 0.29) is 19.7 Å². The quantitative estimate of drug-likeness (QED) is 0.416. The third-order valence-electron chi connectivity index (χ3n) is 7.02. The summed E-state index contributed by atoms with van der Waals surface area (Å²) in [6, 6.07) is 9.62. The first kappa shape index (κ1) is 21.7. The molecule has 2 unspecified atom stereocenters. The van der Waals surface area contributed by atoms with Crippen LogP contribution in [0.3, 0.4) is 0 Å². The number of hydrogen-bond donors (Lipinski definition) is 1. The summed E-state index contributed by atoms with van der Waals surface area (Å²) in [7, 11) is 1.65. The Hall–Kier alpha value is -3.86. The van der Waals surface area contributed by atoms with Crippen molar-refractivity contribution in [1.29, 1.82) is 0 Å². The van der Waals surface area contributed by atoms with Gasteiger partial charge >= 0.3 is 5.69 Å². The van der Waals surface area contributed by atoms with Gasteiger partial charge in [-0.05, 0) is 24.5 Å². The Labute approximate surface area is 200 Å². The molecule has 0 bridgehead atoms. The van der Waals surface area contributed by atoms with E-state index in [0.717, 1.165) is 26.1 Å². The fourth-order valence-corrected chi connectivity index (χ4v) is 5.26. The normalized spacial score (nSPS) is 19.5. The number of aromatic nitrogens is 5. The lowest BCUT2D eigenvalue weighted by Gasteiger charge is -2.25. The first-order valence-electron chi connectivity index (χ1n) is 11.9. The predicted molar refractivity (Wildman–Crippen MR) is 129 cm³/mol. The lowest BCUT2D eigenvalue weighted by Crippen LogP contribution is -2.41. The van der Waals surface area contributed by atoms with Gasteiger partial charge in [0.2, 0.25) is 11.8 Å². The average Bonchev–Trinajstić information content (AvgIpc) is 3.66. The highest BCUT2D eigenvalue weighted by Crippen LogP contribution is 2.33. The molecule has 2 saturated heterocycles. The van der Waals surface area contributed by atoms with Gasteiger partial charge in [-0.25, -0.2) is 9.78 Å². The number of rotatable bonds is 7. The van der Waals surface area contributed by atoms with Gasteiger partial charge in [-0.2, -0.15) is 4.98 Å². The molecule has 182 valence electrons. The van der Waals surface area contributed by atoms with Crippen LogP contribution in [-0.2, 0) is 20.1 Å². The minimum Gasteiger partial charge on any atom is -0.492 e. The van der Waals surface area contributed by atoms with Gasteiger partial charge in [0.15, 0.2) is 11.2 Å². The minimum absolute atomic E-state index is 0.119. The summed E-state index contributed by atoms with van der Waals surface area (Å²) in [6.07, 6.45) is 4.14. The maximum Gasteiger partial charge on any atom is 0.332 e. The Bertz CT molecular complexity index is 1460. The number of ether oxygens (including phenoxy) is 1. The highest BCUT2D eigenvalue weighted by molar-refractivity contribution is 5.75. The molecule has 35 heavy (non-hydrogen) atoms. The van der Waals surface area contributed by atoms with Crippen molar-refractivity contribution in [3.8, 4) is 5.75 Å². The number of oxazole rings is 1. The molecular weight excluding hydrogens is 450 g/mol. The summed E-state index contributed by atoms with van der Waals surface area (Å²) in [5.41, 5.74) is -0.107. The third-order valence-corrected chi connectivity index (χ3v) is 7.02. The van der Waals surface area contributed by atoms with E-state index < -0.39 is 11.2 Å². The standard InChI is InChI=1S/C24H27N7O4/c1-28-21-20(22(32)30(24(28)33)10-12-34-17-5-3-2-4-6-17)31(15-19-26-8-11-35-19)23(27-21)29-9-7-16-13-25-14-18(16)29/h2-6,8,11,16,18,25H,7,9-10,12-15H2,1H3. The SMILES string of the molecule is Cn1c(=O)n(CCOc2ccccc2)c(=O)c2c1nc(N1CCC3CNCC31)n2Cc1ncco1. The van der Waals surface area contributed by atoms with E-state index in [9.17, 15) is 9.59 Å². The van der Waals surface area contributed by atoms with E-state index in [2.05, 4.69) is 15.2 Å². The fourth-order valence-electron chi connectivity index (χ4n) is 5.26. The topological polar surface area (TPSA) is 112 Å². The van der Waals surface area contributed by atoms with E-state index in [4.69, 9.17) is 14.1 Å². The van der Waals surface area contributed by atoms with Crippen LogP contribution in [-0.4, -0.2) is 56.0 Å². The van der Waals surface area contributed by atoms with Gasteiger partial charge in [-0.1, -0.05) is 18.2 Å². The zero-order chi connectivity index (χ0) is 23.9. The largest absolute Gasteiger partial charge is 0.492 e. The van der Waals surface area contributed by atoms with Crippen LogP contribution in [0.4, 0.5) is 5.95 Å². The van der Waals surface area contributed by atoms with Crippen molar-refractivity contribution in [3.63, 3.8) is 0 Å². The summed E-state index contributed by atoms with van der Waals surface area (Å²) >= 11 is 0. The van der Waals surface area contributed by atoms with Crippen LogP contribution in [0.1, 0.15) is 12.3 Å². The Kier molecular flexibility index (Phi) is 5.40. The highest BCUT2D eigenvalue weighted by Gasteiger charge is 2.40. The first-order valence-corrected chi connectivity index (χ1v) is 11.9. The number of nitrogens with one attached hydrogen (secondary N) is 1. The van der Waals surface area contributed by atoms with Gasteiger partial charge < -0.3 is 19.4 Å². The molecular formula is C24H27N7O4. The Balaban J connectivity index is 1.44. The van der Waals surface area contributed by atoms with E-state index in [1.165, 1.54) is 15.4 Å². The molecule has 4 aromatic rings. The Morgan fingerprint density at radius 3 is 2.83 bits per heavy atom. The number of anilines is 1. The molecule has 2 aliphatic heterocycles. The molecule has 6 rings (SSSR count). The van der Waals surface area contributed by atoms with Crippen LogP contribution >= 0.6 is 0 Å². The average molecular weight is 478 g/mol. The van der Waals surface area contributed by atoms with Crippen molar-refractivity contribution in [1.82, 2.24) is 29.0 Å². The van der Waals surface area contributed by atoms with Crippen molar-refractivity contribution < 1.29 is 9.15 Å². The fraction of sp³-hybridized carbons (Fsp3) is 0.417. The maximum atomic E-state index is 13.7. The molecule has 0 radical (unpaired) electrons. The third kappa shape index (κ3) is 3.72. The molecule has 2 aliphatic rings. The van der Waals surface area contributed by atoms with Crippen LogP contribution in [0, 0.1) is 5.92 Å². The summed E-state index contributed by atoms with van der Waals surface area (Å²) in [5, 5.41) is 3.46. The van der Waals surface area contributed by atoms with Crippen LogP contribution in [0.2, 0.25) is 0 Å². The molecule has 11 heteroatoms. The van der Waals surface area contributed by atoms with Gasteiger partial charge in [-0.3, -0.25) is 18.5 Å².